The van der Waals surface area contributed by atoms with Gasteiger partial charge in [0.15, 0.2) is 0 Å². The number of fused-ring (bicyclic) bond motifs is 1. The number of benzene rings is 1. The van der Waals surface area contributed by atoms with Gasteiger partial charge in [-0.2, -0.15) is 0 Å². The zero-order valence-corrected chi connectivity index (χ0v) is 13.0. The van der Waals surface area contributed by atoms with Crippen molar-refractivity contribution in [3.63, 3.8) is 0 Å². The van der Waals surface area contributed by atoms with Crippen LogP contribution in [-0.2, 0) is 9.63 Å². The molecule has 0 aliphatic carbocycles. The first kappa shape index (κ1) is 14.9. The average molecular weight is 292 g/mol. The number of thioether (sulfide) groups is 1. The predicted molar refractivity (Wildman–Crippen MR) is 83.6 cm³/mol. The lowest BCUT2D eigenvalue weighted by atomic mass is 10.1. The second-order valence-corrected chi connectivity index (χ2v) is 5.64. The normalized spacial score (nSPS) is 15.2. The summed E-state index contributed by atoms with van der Waals surface area (Å²) in [4.78, 5) is 20.1. The smallest absolute Gasteiger partial charge is 0.237 e. The molecular formula is C15H20N2O2S. The van der Waals surface area contributed by atoms with E-state index in [0.717, 1.165) is 28.3 Å². The van der Waals surface area contributed by atoms with Crippen molar-refractivity contribution in [1.29, 1.82) is 0 Å². The van der Waals surface area contributed by atoms with Gasteiger partial charge in [0, 0.05) is 17.0 Å². The highest BCUT2D eigenvalue weighted by Gasteiger charge is 2.23. The lowest BCUT2D eigenvalue weighted by molar-refractivity contribution is -0.116. The molecular weight excluding hydrogens is 272 g/mol. The molecule has 108 valence electrons. The van der Waals surface area contributed by atoms with Crippen molar-refractivity contribution in [3.8, 4) is 0 Å². The molecule has 0 atom stereocenters. The maximum Gasteiger partial charge on any atom is 0.237 e. The van der Waals surface area contributed by atoms with E-state index in [9.17, 15) is 4.79 Å². The summed E-state index contributed by atoms with van der Waals surface area (Å²) in [7, 11) is 0. The van der Waals surface area contributed by atoms with E-state index in [-0.39, 0.29) is 5.91 Å². The van der Waals surface area contributed by atoms with Crippen LogP contribution in [-0.4, -0.2) is 30.5 Å². The Hall–Kier alpha value is -1.49. The van der Waals surface area contributed by atoms with Crippen LogP contribution in [0.5, 0.6) is 0 Å². The molecule has 1 aliphatic rings. The summed E-state index contributed by atoms with van der Waals surface area (Å²) in [5, 5.41) is 4.11. The SMILES string of the molecule is CCCO/N=C(/C)c1ccc2c(c1)N(CC)C(=O)CS2. The Bertz CT molecular complexity index is 529. The van der Waals surface area contributed by atoms with Gasteiger partial charge in [-0.3, -0.25) is 4.79 Å². The van der Waals surface area contributed by atoms with Gasteiger partial charge in [0.2, 0.25) is 5.91 Å². The van der Waals surface area contributed by atoms with Crippen LogP contribution in [0.1, 0.15) is 32.8 Å². The predicted octanol–water partition coefficient (Wildman–Crippen LogP) is 3.30. The first-order valence-corrected chi connectivity index (χ1v) is 7.90. The molecule has 0 radical (unpaired) electrons. The lowest BCUT2D eigenvalue weighted by Crippen LogP contribution is -2.35. The van der Waals surface area contributed by atoms with E-state index >= 15 is 0 Å². The van der Waals surface area contributed by atoms with E-state index in [2.05, 4.69) is 11.2 Å². The molecule has 4 nitrogen and oxygen atoms in total. The molecule has 0 spiro atoms. The summed E-state index contributed by atoms with van der Waals surface area (Å²) in [6.07, 6.45) is 0.940. The Morgan fingerprint density at radius 1 is 1.45 bits per heavy atom. The molecule has 1 aromatic rings. The zero-order chi connectivity index (χ0) is 14.5. The van der Waals surface area contributed by atoms with E-state index in [0.29, 0.717) is 18.9 Å². The Morgan fingerprint density at radius 3 is 2.95 bits per heavy atom. The van der Waals surface area contributed by atoms with Crippen molar-refractivity contribution in [3.05, 3.63) is 23.8 Å². The molecule has 1 aromatic carbocycles. The quantitative estimate of drug-likeness (QED) is 0.475. The second kappa shape index (κ2) is 6.79. The fourth-order valence-corrected chi connectivity index (χ4v) is 2.98. The number of oxime groups is 1. The molecule has 5 heteroatoms. The number of anilines is 1. The highest BCUT2D eigenvalue weighted by atomic mass is 32.2. The molecule has 0 fully saturated rings. The molecule has 2 rings (SSSR count). The second-order valence-electron chi connectivity index (χ2n) is 4.62. The zero-order valence-electron chi connectivity index (χ0n) is 12.2. The summed E-state index contributed by atoms with van der Waals surface area (Å²) in [5.41, 5.74) is 2.81. The minimum Gasteiger partial charge on any atom is -0.396 e. The molecule has 0 unspecified atom stereocenters. The van der Waals surface area contributed by atoms with Crippen LogP contribution in [0.25, 0.3) is 0 Å². The lowest BCUT2D eigenvalue weighted by Gasteiger charge is -2.28. The van der Waals surface area contributed by atoms with Crippen molar-refractivity contribution in [1.82, 2.24) is 0 Å². The minimum absolute atomic E-state index is 0.166. The van der Waals surface area contributed by atoms with Gasteiger partial charge in [0.05, 0.1) is 17.2 Å². The first-order chi connectivity index (χ1) is 9.67. The number of hydrogen-bond donors (Lipinski definition) is 0. The van der Waals surface area contributed by atoms with E-state index in [1.807, 2.05) is 37.8 Å². The summed E-state index contributed by atoms with van der Waals surface area (Å²) in [6.45, 7) is 7.28. The summed E-state index contributed by atoms with van der Waals surface area (Å²) in [5.74, 6) is 0.686. The van der Waals surface area contributed by atoms with E-state index in [4.69, 9.17) is 4.84 Å². The maximum absolute atomic E-state index is 11.9. The fraction of sp³-hybridized carbons (Fsp3) is 0.467. The minimum atomic E-state index is 0.166. The Kier molecular flexibility index (Phi) is 5.06. The molecule has 0 aromatic heterocycles. The van der Waals surface area contributed by atoms with Crippen LogP contribution in [0.15, 0.2) is 28.3 Å². The average Bonchev–Trinajstić information content (AvgIpc) is 2.46. The van der Waals surface area contributed by atoms with Gasteiger partial charge in [0.25, 0.3) is 0 Å². The van der Waals surface area contributed by atoms with Crippen molar-refractivity contribution in [2.45, 2.75) is 32.1 Å². The van der Waals surface area contributed by atoms with Gasteiger partial charge < -0.3 is 9.74 Å². The molecule has 0 saturated carbocycles. The van der Waals surface area contributed by atoms with E-state index in [1.54, 1.807) is 11.8 Å². The van der Waals surface area contributed by atoms with Gasteiger partial charge in [-0.25, -0.2) is 0 Å². The van der Waals surface area contributed by atoms with Crippen LogP contribution in [0.4, 0.5) is 5.69 Å². The third-order valence-corrected chi connectivity index (χ3v) is 4.18. The van der Waals surface area contributed by atoms with Crippen molar-refractivity contribution in [2.75, 3.05) is 23.8 Å². The molecule has 0 saturated heterocycles. The number of rotatable bonds is 5. The van der Waals surface area contributed by atoms with Crippen molar-refractivity contribution < 1.29 is 9.63 Å². The van der Waals surface area contributed by atoms with E-state index in [1.165, 1.54) is 0 Å². The Morgan fingerprint density at radius 2 is 2.25 bits per heavy atom. The highest BCUT2D eigenvalue weighted by Crippen LogP contribution is 2.35. The number of amides is 1. The van der Waals surface area contributed by atoms with Crippen LogP contribution in [0.2, 0.25) is 0 Å². The number of carbonyl (C=O) groups excluding carboxylic acids is 1. The van der Waals surface area contributed by atoms with Gasteiger partial charge in [-0.1, -0.05) is 18.1 Å². The van der Waals surface area contributed by atoms with Gasteiger partial charge in [-0.15, -0.1) is 11.8 Å². The number of carbonyl (C=O) groups is 1. The largest absolute Gasteiger partial charge is 0.396 e. The molecule has 0 bridgehead atoms. The fourth-order valence-electron chi connectivity index (χ4n) is 2.06. The number of hydrogen-bond acceptors (Lipinski definition) is 4. The van der Waals surface area contributed by atoms with Gasteiger partial charge in [0.1, 0.15) is 6.61 Å². The van der Waals surface area contributed by atoms with E-state index < -0.39 is 0 Å². The Balaban J connectivity index is 2.28. The van der Waals surface area contributed by atoms with Crippen molar-refractivity contribution >= 4 is 29.1 Å². The molecule has 1 amide bonds. The standard InChI is InChI=1S/C15H20N2O2S/c1-4-8-19-16-11(3)12-6-7-14-13(9-12)17(5-2)15(18)10-20-14/h6-7,9H,4-5,8,10H2,1-3H3/b16-11-. The molecule has 1 heterocycles. The van der Waals surface area contributed by atoms with Crippen LogP contribution < -0.4 is 4.90 Å². The number of nitrogens with zero attached hydrogens (tertiary/aromatic N) is 2. The monoisotopic (exact) mass is 292 g/mol. The third kappa shape index (κ3) is 3.15. The summed E-state index contributed by atoms with van der Waals surface area (Å²) >= 11 is 1.60. The van der Waals surface area contributed by atoms with Gasteiger partial charge >= 0.3 is 0 Å². The Labute approximate surface area is 124 Å². The molecule has 0 N–H and O–H groups in total. The molecule has 1 aliphatic heterocycles. The summed E-state index contributed by atoms with van der Waals surface area (Å²) in [6, 6.07) is 6.11. The highest BCUT2D eigenvalue weighted by molar-refractivity contribution is 8.00. The van der Waals surface area contributed by atoms with Gasteiger partial charge in [-0.05, 0) is 32.4 Å². The van der Waals surface area contributed by atoms with Crippen LogP contribution >= 0.6 is 11.8 Å². The van der Waals surface area contributed by atoms with Crippen LogP contribution in [0, 0.1) is 0 Å². The first-order valence-electron chi connectivity index (χ1n) is 6.91. The van der Waals surface area contributed by atoms with Crippen molar-refractivity contribution in [2.24, 2.45) is 5.16 Å². The maximum atomic E-state index is 11.9. The topological polar surface area (TPSA) is 41.9 Å². The van der Waals surface area contributed by atoms with Crippen LogP contribution in [0.3, 0.4) is 0 Å². The third-order valence-electron chi connectivity index (χ3n) is 3.13. The molecule has 20 heavy (non-hydrogen) atoms. The summed E-state index contributed by atoms with van der Waals surface area (Å²) < 4.78 is 0.